The van der Waals surface area contributed by atoms with Crippen LogP contribution >= 0.6 is 0 Å². The molecule has 3 aromatic rings. The predicted molar refractivity (Wildman–Crippen MR) is 111 cm³/mol. The molecule has 1 aromatic heterocycles. The number of hydrogen-bond acceptors (Lipinski definition) is 3. The summed E-state index contributed by atoms with van der Waals surface area (Å²) in [4.78, 5) is 28.9. The number of halogens is 1. The van der Waals surface area contributed by atoms with Crippen LogP contribution in [0.1, 0.15) is 30.1 Å². The van der Waals surface area contributed by atoms with E-state index in [1.54, 1.807) is 6.92 Å². The largest absolute Gasteiger partial charge is 0.367 e. The van der Waals surface area contributed by atoms with Crippen molar-refractivity contribution in [3.8, 4) is 11.8 Å². The van der Waals surface area contributed by atoms with Crippen molar-refractivity contribution in [1.29, 1.82) is 0 Å². The molecular weight excluding hydrogens is 371 g/mol. The Morgan fingerprint density at radius 3 is 2.90 bits per heavy atom. The zero-order valence-corrected chi connectivity index (χ0v) is 16.0. The van der Waals surface area contributed by atoms with Gasteiger partial charge in [0.1, 0.15) is 5.82 Å². The van der Waals surface area contributed by atoms with Crippen molar-refractivity contribution >= 4 is 39.3 Å². The molecule has 1 aliphatic heterocycles. The molecule has 0 bridgehead atoms. The van der Waals surface area contributed by atoms with Gasteiger partial charge in [0.15, 0.2) is 0 Å². The molecule has 1 saturated heterocycles. The molecule has 0 unspecified atom stereocenters. The number of rotatable bonds is 3. The van der Waals surface area contributed by atoms with Crippen molar-refractivity contribution in [2.24, 2.45) is 5.73 Å². The molecule has 4 rings (SSSR count). The lowest BCUT2D eigenvalue weighted by atomic mass is 10.0. The van der Waals surface area contributed by atoms with Crippen molar-refractivity contribution in [2.45, 2.75) is 25.8 Å². The second kappa shape index (κ2) is 7.47. The number of aromatic nitrogens is 1. The van der Waals surface area contributed by atoms with Gasteiger partial charge in [0.05, 0.1) is 16.8 Å². The molecule has 2 heterocycles. The first kappa shape index (κ1) is 18.8. The fourth-order valence-corrected chi connectivity index (χ4v) is 4.11. The van der Waals surface area contributed by atoms with Gasteiger partial charge in [0, 0.05) is 35.4 Å². The standard InChI is InChI=1S/C22H21FN4O2/c1-2-6-18(28)25-13-7-5-10-27(12-13)21-16(23)11-15(22(24)29)20-19(21)14-8-3-4-9-17(14)26-20/h3-4,8-9,11,13,26H,5,7,10,12H2,1H3,(H2,24,29)(H,25,28)/t13-/m1/s1. The highest BCUT2D eigenvalue weighted by atomic mass is 19.1. The second-order valence-electron chi connectivity index (χ2n) is 7.17. The third-order valence-electron chi connectivity index (χ3n) is 5.29. The van der Waals surface area contributed by atoms with Gasteiger partial charge in [-0.05, 0) is 37.8 Å². The molecule has 4 N–H and O–H groups in total. The van der Waals surface area contributed by atoms with Gasteiger partial charge in [0.25, 0.3) is 11.8 Å². The van der Waals surface area contributed by atoms with Crippen LogP contribution in [0, 0.1) is 17.7 Å². The molecule has 29 heavy (non-hydrogen) atoms. The zero-order valence-electron chi connectivity index (χ0n) is 16.0. The topological polar surface area (TPSA) is 91.2 Å². The number of nitrogens with two attached hydrogens (primary N) is 1. The summed E-state index contributed by atoms with van der Waals surface area (Å²) in [7, 11) is 0. The lowest BCUT2D eigenvalue weighted by molar-refractivity contribution is -0.116. The van der Waals surface area contributed by atoms with Crippen molar-refractivity contribution in [3.05, 3.63) is 41.7 Å². The van der Waals surface area contributed by atoms with Crippen molar-refractivity contribution in [3.63, 3.8) is 0 Å². The summed E-state index contributed by atoms with van der Waals surface area (Å²) >= 11 is 0. The van der Waals surface area contributed by atoms with Crippen molar-refractivity contribution in [2.75, 3.05) is 18.0 Å². The second-order valence-corrected chi connectivity index (χ2v) is 7.17. The Hall–Kier alpha value is -3.53. The van der Waals surface area contributed by atoms with E-state index in [1.807, 2.05) is 29.2 Å². The van der Waals surface area contributed by atoms with E-state index in [0.717, 1.165) is 23.7 Å². The number of carbonyl (C=O) groups excluding carboxylic acids is 2. The van der Waals surface area contributed by atoms with Crippen LogP contribution in [0.2, 0.25) is 0 Å². The van der Waals surface area contributed by atoms with E-state index in [2.05, 4.69) is 22.1 Å². The minimum Gasteiger partial charge on any atom is -0.367 e. The van der Waals surface area contributed by atoms with E-state index in [-0.39, 0.29) is 17.5 Å². The summed E-state index contributed by atoms with van der Waals surface area (Å²) in [5, 5.41) is 4.34. The average Bonchev–Trinajstić information content (AvgIpc) is 3.07. The molecule has 7 heteroatoms. The summed E-state index contributed by atoms with van der Waals surface area (Å²) in [6.07, 6.45) is 1.59. The SMILES string of the molecule is CC#CC(=O)N[C@@H]1CCCN(c2c(F)cc(C(N)=O)c3[nH]c4ccccc4c23)C1. The first-order chi connectivity index (χ1) is 14.0. The number of anilines is 1. The molecule has 0 radical (unpaired) electrons. The van der Waals surface area contributed by atoms with Gasteiger partial charge in [-0.2, -0.15) is 0 Å². The van der Waals surface area contributed by atoms with Gasteiger partial charge in [-0.25, -0.2) is 4.39 Å². The van der Waals surface area contributed by atoms with Gasteiger partial charge in [0.2, 0.25) is 0 Å². The van der Waals surface area contributed by atoms with Crippen LogP contribution in [0.15, 0.2) is 30.3 Å². The van der Waals surface area contributed by atoms with Crippen LogP contribution in [-0.4, -0.2) is 35.9 Å². The number of para-hydroxylation sites is 1. The van der Waals surface area contributed by atoms with Crippen molar-refractivity contribution in [1.82, 2.24) is 10.3 Å². The third-order valence-corrected chi connectivity index (χ3v) is 5.29. The molecule has 1 aliphatic rings. The Morgan fingerprint density at radius 1 is 1.34 bits per heavy atom. The van der Waals surface area contributed by atoms with Crippen LogP contribution in [-0.2, 0) is 4.79 Å². The minimum atomic E-state index is -0.686. The molecule has 2 amide bonds. The quantitative estimate of drug-likeness (QED) is 0.599. The maximum Gasteiger partial charge on any atom is 0.296 e. The Labute approximate surface area is 167 Å². The van der Waals surface area contributed by atoms with E-state index in [9.17, 15) is 9.59 Å². The Bertz CT molecular complexity index is 1190. The number of benzene rings is 2. The number of fused-ring (bicyclic) bond motifs is 3. The van der Waals surface area contributed by atoms with E-state index >= 15 is 4.39 Å². The molecule has 6 nitrogen and oxygen atoms in total. The fourth-order valence-electron chi connectivity index (χ4n) is 4.11. The molecule has 2 aromatic carbocycles. The molecule has 0 aliphatic carbocycles. The van der Waals surface area contributed by atoms with Gasteiger partial charge >= 0.3 is 0 Å². The number of H-pyrrole nitrogens is 1. The summed E-state index contributed by atoms with van der Waals surface area (Å²) in [5.41, 5.74) is 7.38. The maximum atomic E-state index is 15.3. The lowest BCUT2D eigenvalue weighted by Gasteiger charge is -2.35. The lowest BCUT2D eigenvalue weighted by Crippen LogP contribution is -2.47. The summed E-state index contributed by atoms with van der Waals surface area (Å²) in [5.74, 6) is 3.54. The van der Waals surface area contributed by atoms with Gasteiger partial charge in [-0.3, -0.25) is 9.59 Å². The summed E-state index contributed by atoms with van der Waals surface area (Å²) in [6, 6.07) is 8.58. The molecular formula is C22H21FN4O2. The number of hydrogen-bond donors (Lipinski definition) is 3. The molecule has 0 spiro atoms. The number of primary amides is 1. The van der Waals surface area contributed by atoms with E-state index in [0.29, 0.717) is 29.7 Å². The van der Waals surface area contributed by atoms with Crippen LogP contribution < -0.4 is 16.0 Å². The fraction of sp³-hybridized carbons (Fsp3) is 0.273. The average molecular weight is 392 g/mol. The smallest absolute Gasteiger partial charge is 0.296 e. The highest BCUT2D eigenvalue weighted by molar-refractivity contribution is 6.19. The monoisotopic (exact) mass is 392 g/mol. The number of nitrogens with zero attached hydrogens (tertiary/aromatic N) is 1. The Morgan fingerprint density at radius 2 is 2.14 bits per heavy atom. The Balaban J connectivity index is 1.83. The third kappa shape index (κ3) is 3.38. The molecule has 1 fully saturated rings. The minimum absolute atomic E-state index is 0.123. The first-order valence-electron chi connectivity index (χ1n) is 9.50. The van der Waals surface area contributed by atoms with Crippen LogP contribution in [0.5, 0.6) is 0 Å². The summed E-state index contributed by atoms with van der Waals surface area (Å²) in [6.45, 7) is 2.71. The van der Waals surface area contributed by atoms with Crippen LogP contribution in [0.25, 0.3) is 21.8 Å². The number of piperidine rings is 1. The highest BCUT2D eigenvalue weighted by Crippen LogP contribution is 2.38. The summed E-state index contributed by atoms with van der Waals surface area (Å²) < 4.78 is 15.3. The molecule has 148 valence electrons. The first-order valence-corrected chi connectivity index (χ1v) is 9.50. The van der Waals surface area contributed by atoms with E-state index in [1.165, 1.54) is 6.07 Å². The van der Waals surface area contributed by atoms with Crippen LogP contribution in [0.3, 0.4) is 0 Å². The van der Waals surface area contributed by atoms with E-state index < -0.39 is 11.7 Å². The van der Waals surface area contributed by atoms with Gasteiger partial charge < -0.3 is 20.9 Å². The van der Waals surface area contributed by atoms with Crippen LogP contribution in [0.4, 0.5) is 10.1 Å². The number of nitrogens with one attached hydrogen (secondary N) is 2. The number of amides is 2. The van der Waals surface area contributed by atoms with E-state index in [4.69, 9.17) is 5.73 Å². The van der Waals surface area contributed by atoms with Crippen molar-refractivity contribution < 1.29 is 14.0 Å². The molecule has 0 saturated carbocycles. The Kier molecular flexibility index (Phi) is 4.85. The normalized spacial score (nSPS) is 16.5. The maximum absolute atomic E-state index is 15.3. The number of carbonyl (C=O) groups is 2. The zero-order chi connectivity index (χ0) is 20.5. The highest BCUT2D eigenvalue weighted by Gasteiger charge is 2.27. The van der Waals surface area contributed by atoms with Gasteiger partial charge in [-0.1, -0.05) is 24.1 Å². The molecule has 1 atom stereocenters. The van der Waals surface area contributed by atoms with Gasteiger partial charge in [-0.15, -0.1) is 0 Å². The number of aromatic amines is 1. The predicted octanol–water partition coefficient (Wildman–Crippen LogP) is 2.67.